The molecule has 6 heteroatoms. The molecule has 4 rings (SSSR count). The fraction of sp³-hybridized carbons (Fsp3) is 0.435. The summed E-state index contributed by atoms with van der Waals surface area (Å²) in [5, 5.41) is 11.5. The predicted octanol–water partition coefficient (Wildman–Crippen LogP) is 3.71. The van der Waals surface area contributed by atoms with E-state index in [2.05, 4.69) is 0 Å². The molecule has 1 aromatic carbocycles. The molecule has 0 bridgehead atoms. The molecule has 2 aromatic heterocycles. The monoisotopic (exact) mass is 396 g/mol. The van der Waals surface area contributed by atoms with E-state index >= 15 is 0 Å². The van der Waals surface area contributed by atoms with E-state index < -0.39 is 17.8 Å². The Kier molecular flexibility index (Phi) is 5.34. The Labute approximate surface area is 171 Å². The molecule has 0 fully saturated rings. The van der Waals surface area contributed by atoms with Crippen molar-refractivity contribution in [2.45, 2.75) is 45.0 Å². The van der Waals surface area contributed by atoms with Crippen LogP contribution in [0.1, 0.15) is 42.0 Å². The maximum absolute atomic E-state index is 11.5. The lowest BCUT2D eigenvalue weighted by Crippen LogP contribution is -2.50. The van der Waals surface area contributed by atoms with Crippen molar-refractivity contribution in [2.24, 2.45) is 0 Å². The Morgan fingerprint density at radius 3 is 2.62 bits per heavy atom. The summed E-state index contributed by atoms with van der Waals surface area (Å²) in [7, 11) is 1.64. The minimum Gasteiger partial charge on any atom is -0.479 e. The van der Waals surface area contributed by atoms with Crippen molar-refractivity contribution in [1.29, 1.82) is 0 Å². The molecule has 0 radical (unpaired) electrons. The van der Waals surface area contributed by atoms with E-state index in [-0.39, 0.29) is 0 Å². The third-order valence-electron chi connectivity index (χ3n) is 5.99. The van der Waals surface area contributed by atoms with Crippen LogP contribution in [-0.2, 0) is 15.1 Å². The van der Waals surface area contributed by atoms with E-state index in [9.17, 15) is 5.11 Å². The third-order valence-corrected chi connectivity index (χ3v) is 5.99. The van der Waals surface area contributed by atoms with Gasteiger partial charge >= 0.3 is 0 Å². The lowest BCUT2D eigenvalue weighted by atomic mass is 9.79. The van der Waals surface area contributed by atoms with Gasteiger partial charge in [0.05, 0.1) is 18.9 Å². The van der Waals surface area contributed by atoms with Crippen LogP contribution in [0.3, 0.4) is 0 Å². The van der Waals surface area contributed by atoms with Crippen molar-refractivity contribution in [3.8, 4) is 5.75 Å². The van der Waals surface area contributed by atoms with Crippen LogP contribution in [0.25, 0.3) is 5.65 Å². The molecule has 1 N–H and O–H groups in total. The van der Waals surface area contributed by atoms with Crippen LogP contribution >= 0.6 is 0 Å². The number of aromatic nitrogens is 2. The quantitative estimate of drug-likeness (QED) is 0.644. The summed E-state index contributed by atoms with van der Waals surface area (Å²) in [6.07, 6.45) is 1.13. The van der Waals surface area contributed by atoms with Gasteiger partial charge in [-0.1, -0.05) is 37.3 Å². The summed E-state index contributed by atoms with van der Waals surface area (Å²) >= 11 is 0. The van der Waals surface area contributed by atoms with Gasteiger partial charge in [-0.3, -0.25) is 0 Å². The van der Waals surface area contributed by atoms with Gasteiger partial charge in [0, 0.05) is 24.6 Å². The number of imidazole rings is 1. The van der Waals surface area contributed by atoms with Crippen LogP contribution in [0.2, 0.25) is 0 Å². The Morgan fingerprint density at radius 2 is 1.93 bits per heavy atom. The first-order chi connectivity index (χ1) is 14.0. The lowest BCUT2D eigenvalue weighted by Gasteiger charge is -2.45. The molecule has 6 nitrogen and oxygen atoms in total. The minimum absolute atomic E-state index is 0.375. The molecule has 0 amide bonds. The van der Waals surface area contributed by atoms with E-state index in [1.54, 1.807) is 7.11 Å². The number of methoxy groups -OCH3 is 1. The largest absolute Gasteiger partial charge is 0.479 e. The molecule has 2 unspecified atom stereocenters. The number of aliphatic hydroxyl groups excluding tert-OH is 1. The highest BCUT2D eigenvalue weighted by atomic mass is 16.6. The molecule has 1 aliphatic rings. The minimum atomic E-state index is -0.915. The summed E-state index contributed by atoms with van der Waals surface area (Å²) in [5.41, 5.74) is 3.58. The van der Waals surface area contributed by atoms with Gasteiger partial charge in [0.25, 0.3) is 0 Å². The zero-order valence-electron chi connectivity index (χ0n) is 17.4. The van der Waals surface area contributed by atoms with Gasteiger partial charge in [-0.15, -0.1) is 0 Å². The van der Waals surface area contributed by atoms with Crippen molar-refractivity contribution < 1.29 is 19.3 Å². The molecule has 0 saturated carbocycles. The molecule has 0 aliphatic carbocycles. The average molecular weight is 396 g/mol. The fourth-order valence-electron chi connectivity index (χ4n) is 4.22. The molecule has 154 valence electrons. The van der Waals surface area contributed by atoms with Crippen molar-refractivity contribution in [1.82, 2.24) is 9.38 Å². The predicted molar refractivity (Wildman–Crippen MR) is 110 cm³/mol. The molecule has 3 heterocycles. The second-order valence-electron chi connectivity index (χ2n) is 7.51. The standard InChI is InChI=1S/C23H28N2O4/c1-5-23(28-14-13-27-4)18-11-12-25-16(3)15(2)24-22(25)20(18)29-19(21(23)26)17-9-7-6-8-10-17/h6-12,19,21,26H,5,13-14H2,1-4H3/t19-,21?,23?/m1/s1. The zero-order chi connectivity index (χ0) is 20.6. The fourth-order valence-corrected chi connectivity index (χ4v) is 4.22. The number of pyridine rings is 1. The smallest absolute Gasteiger partial charge is 0.180 e. The Hall–Kier alpha value is -2.41. The number of hydrogen-bond donors (Lipinski definition) is 1. The zero-order valence-corrected chi connectivity index (χ0v) is 17.4. The maximum Gasteiger partial charge on any atom is 0.180 e. The molecule has 3 atom stereocenters. The lowest BCUT2D eigenvalue weighted by molar-refractivity contribution is -0.182. The van der Waals surface area contributed by atoms with Crippen molar-refractivity contribution in [3.63, 3.8) is 0 Å². The average Bonchev–Trinajstić information content (AvgIpc) is 3.04. The number of benzene rings is 1. The Morgan fingerprint density at radius 1 is 1.17 bits per heavy atom. The summed E-state index contributed by atoms with van der Waals surface area (Å²) in [6, 6.07) is 11.8. The highest BCUT2D eigenvalue weighted by molar-refractivity contribution is 5.63. The summed E-state index contributed by atoms with van der Waals surface area (Å²) in [4.78, 5) is 4.75. The number of nitrogens with zero attached hydrogens (tertiary/aromatic N) is 2. The van der Waals surface area contributed by atoms with Crippen LogP contribution < -0.4 is 4.74 Å². The molecule has 3 aromatic rings. The van der Waals surface area contributed by atoms with E-state index in [1.807, 2.05) is 67.8 Å². The van der Waals surface area contributed by atoms with Gasteiger partial charge < -0.3 is 23.7 Å². The second-order valence-corrected chi connectivity index (χ2v) is 7.51. The number of hydrogen-bond acceptors (Lipinski definition) is 5. The van der Waals surface area contributed by atoms with Crippen molar-refractivity contribution in [2.75, 3.05) is 20.3 Å². The normalized spacial score (nSPS) is 23.8. The SMILES string of the molecule is CCC1(OCCOC)c2ccn3c(C)c(C)nc3c2O[C@H](c2ccccc2)C1O. The Balaban J connectivity index is 1.92. The topological polar surface area (TPSA) is 65.2 Å². The third kappa shape index (κ3) is 3.12. The second kappa shape index (κ2) is 7.78. The highest BCUT2D eigenvalue weighted by Crippen LogP contribution is 2.50. The van der Waals surface area contributed by atoms with E-state index in [0.29, 0.717) is 25.4 Å². The summed E-state index contributed by atoms with van der Waals surface area (Å²) in [6.45, 7) is 6.88. The van der Waals surface area contributed by atoms with E-state index in [4.69, 9.17) is 19.2 Å². The molecule has 0 spiro atoms. The number of aliphatic hydroxyl groups is 1. The molecule has 29 heavy (non-hydrogen) atoms. The van der Waals surface area contributed by atoms with Crippen LogP contribution in [0.5, 0.6) is 5.75 Å². The van der Waals surface area contributed by atoms with Crippen LogP contribution in [0.15, 0.2) is 42.6 Å². The highest BCUT2D eigenvalue weighted by Gasteiger charge is 2.51. The van der Waals surface area contributed by atoms with Crippen LogP contribution in [0, 0.1) is 13.8 Å². The first-order valence-corrected chi connectivity index (χ1v) is 10.0. The molecule has 0 saturated heterocycles. The van der Waals surface area contributed by atoms with Crippen LogP contribution in [-0.4, -0.2) is 40.9 Å². The Bertz CT molecular complexity index is 1000. The van der Waals surface area contributed by atoms with Gasteiger partial charge in [-0.25, -0.2) is 4.98 Å². The first-order valence-electron chi connectivity index (χ1n) is 10.0. The number of fused-ring (bicyclic) bond motifs is 3. The first kappa shape index (κ1) is 19.9. The maximum atomic E-state index is 11.5. The van der Waals surface area contributed by atoms with Gasteiger partial charge in [-0.2, -0.15) is 0 Å². The van der Waals surface area contributed by atoms with Crippen molar-refractivity contribution in [3.05, 3.63) is 65.1 Å². The summed E-state index contributed by atoms with van der Waals surface area (Å²) < 4.78 is 20.0. The number of aryl methyl sites for hydroxylation is 2. The van der Waals surface area contributed by atoms with Gasteiger partial charge in [0.15, 0.2) is 17.5 Å². The van der Waals surface area contributed by atoms with Gasteiger partial charge in [-0.05, 0) is 31.9 Å². The number of ether oxygens (including phenoxy) is 3. The molecular formula is C23H28N2O4. The molecular weight excluding hydrogens is 368 g/mol. The van der Waals surface area contributed by atoms with E-state index in [0.717, 1.165) is 28.2 Å². The molecule has 1 aliphatic heterocycles. The number of rotatable bonds is 6. The van der Waals surface area contributed by atoms with E-state index in [1.165, 1.54) is 0 Å². The summed E-state index contributed by atoms with van der Waals surface area (Å²) in [5.74, 6) is 0.669. The van der Waals surface area contributed by atoms with Crippen molar-refractivity contribution >= 4 is 5.65 Å². The van der Waals surface area contributed by atoms with Gasteiger partial charge in [0.2, 0.25) is 0 Å². The van der Waals surface area contributed by atoms with Crippen LogP contribution in [0.4, 0.5) is 0 Å². The van der Waals surface area contributed by atoms with Gasteiger partial charge in [0.1, 0.15) is 11.7 Å².